The van der Waals surface area contributed by atoms with Gasteiger partial charge in [0.15, 0.2) is 0 Å². The van der Waals surface area contributed by atoms with Crippen LogP contribution >= 0.6 is 0 Å². The number of rotatable bonds is 1. The fourth-order valence-electron chi connectivity index (χ4n) is 1.63. The molecule has 0 unspecified atom stereocenters. The van der Waals surface area contributed by atoms with E-state index in [9.17, 15) is 23.3 Å². The van der Waals surface area contributed by atoms with Crippen molar-refractivity contribution in [1.29, 1.82) is 0 Å². The molecule has 0 aliphatic carbocycles. The van der Waals surface area contributed by atoms with E-state index in [1.807, 2.05) is 0 Å². The molecule has 0 spiro atoms. The first-order valence-electron chi connectivity index (χ1n) is 4.64. The lowest BCUT2D eigenvalue weighted by molar-refractivity contribution is -0.385. The van der Waals surface area contributed by atoms with Gasteiger partial charge in [0.25, 0.3) is 5.69 Å². The van der Waals surface area contributed by atoms with Crippen LogP contribution in [0.4, 0.5) is 18.9 Å². The predicted octanol–water partition coefficient (Wildman–Crippen LogP) is 3.77. The van der Waals surface area contributed by atoms with Crippen LogP contribution in [0, 0.1) is 10.1 Å². The van der Waals surface area contributed by atoms with E-state index in [1.165, 1.54) is 24.3 Å². The zero-order valence-corrected chi connectivity index (χ0v) is 8.36. The van der Waals surface area contributed by atoms with Crippen molar-refractivity contribution in [3.05, 3.63) is 52.1 Å². The molecule has 2 aromatic rings. The lowest BCUT2D eigenvalue weighted by Gasteiger charge is -2.10. The van der Waals surface area contributed by atoms with E-state index in [0.717, 1.165) is 6.07 Å². The average Bonchev–Trinajstić information content (AvgIpc) is 2.26. The second-order valence-electron chi connectivity index (χ2n) is 3.47. The first-order chi connectivity index (χ1) is 7.89. The minimum Gasteiger partial charge on any atom is -0.258 e. The summed E-state index contributed by atoms with van der Waals surface area (Å²) >= 11 is 0. The van der Waals surface area contributed by atoms with Crippen LogP contribution in [-0.4, -0.2) is 4.92 Å². The topological polar surface area (TPSA) is 43.1 Å². The molecule has 0 atom stereocenters. The number of nitrogens with zero attached hydrogens (tertiary/aromatic N) is 1. The zero-order valence-electron chi connectivity index (χ0n) is 8.36. The van der Waals surface area contributed by atoms with Gasteiger partial charge in [0, 0.05) is 12.1 Å². The van der Waals surface area contributed by atoms with Gasteiger partial charge in [-0.15, -0.1) is 0 Å². The summed E-state index contributed by atoms with van der Waals surface area (Å²) in [4.78, 5) is 9.73. The Morgan fingerprint density at radius 2 is 1.76 bits per heavy atom. The van der Waals surface area contributed by atoms with Crippen molar-refractivity contribution >= 4 is 16.5 Å². The van der Waals surface area contributed by atoms with Gasteiger partial charge in [-0.05, 0) is 10.8 Å². The largest absolute Gasteiger partial charge is 0.417 e. The highest BCUT2D eigenvalue weighted by Crippen LogP contribution is 2.37. The molecule has 0 saturated heterocycles. The first kappa shape index (κ1) is 11.4. The van der Waals surface area contributed by atoms with Crippen LogP contribution in [0.25, 0.3) is 10.8 Å². The van der Waals surface area contributed by atoms with Crippen LogP contribution in [0.5, 0.6) is 0 Å². The molecule has 6 heteroatoms. The van der Waals surface area contributed by atoms with Gasteiger partial charge < -0.3 is 0 Å². The second-order valence-corrected chi connectivity index (χ2v) is 3.47. The molecule has 0 aliphatic rings. The maximum Gasteiger partial charge on any atom is 0.417 e. The molecule has 0 amide bonds. The molecule has 3 nitrogen and oxygen atoms in total. The predicted molar refractivity (Wildman–Crippen MR) is 55.6 cm³/mol. The molecule has 0 N–H and O–H groups in total. The van der Waals surface area contributed by atoms with Crippen molar-refractivity contribution in [2.24, 2.45) is 0 Å². The van der Waals surface area contributed by atoms with E-state index in [2.05, 4.69) is 0 Å². The number of nitro groups is 1. The Hall–Kier alpha value is -2.11. The number of alkyl halides is 3. The highest BCUT2D eigenvalue weighted by Gasteiger charge is 2.34. The van der Waals surface area contributed by atoms with Gasteiger partial charge in [-0.2, -0.15) is 13.2 Å². The Kier molecular flexibility index (Phi) is 2.49. The number of benzene rings is 2. The Balaban J connectivity index is 2.83. The van der Waals surface area contributed by atoms with Crippen LogP contribution < -0.4 is 0 Å². The van der Waals surface area contributed by atoms with Crippen molar-refractivity contribution in [3.8, 4) is 0 Å². The molecular weight excluding hydrogens is 235 g/mol. The minimum atomic E-state index is -4.61. The van der Waals surface area contributed by atoms with Gasteiger partial charge in [-0.1, -0.05) is 24.3 Å². The summed E-state index contributed by atoms with van der Waals surface area (Å²) in [7, 11) is 0. The normalized spacial score (nSPS) is 11.7. The lowest BCUT2D eigenvalue weighted by Crippen LogP contribution is -2.06. The maximum atomic E-state index is 12.7. The second kappa shape index (κ2) is 3.73. The molecule has 0 bridgehead atoms. The van der Waals surface area contributed by atoms with E-state index in [-0.39, 0.29) is 10.8 Å². The minimum absolute atomic E-state index is 0.0365. The van der Waals surface area contributed by atoms with Crippen LogP contribution in [-0.2, 0) is 6.18 Å². The molecule has 0 radical (unpaired) electrons. The summed E-state index contributed by atoms with van der Waals surface area (Å²) < 4.78 is 38.2. The molecule has 88 valence electrons. The van der Waals surface area contributed by atoms with E-state index in [0.29, 0.717) is 6.07 Å². The van der Waals surface area contributed by atoms with Gasteiger partial charge in [-0.25, -0.2) is 0 Å². The van der Waals surface area contributed by atoms with Crippen LogP contribution in [0.2, 0.25) is 0 Å². The van der Waals surface area contributed by atoms with Crippen molar-refractivity contribution in [3.63, 3.8) is 0 Å². The summed E-state index contributed by atoms with van der Waals surface area (Å²) in [5.74, 6) is 0. The average molecular weight is 241 g/mol. The number of non-ortho nitro benzene ring substituents is 1. The van der Waals surface area contributed by atoms with Crippen LogP contribution in [0.15, 0.2) is 36.4 Å². The zero-order chi connectivity index (χ0) is 12.6. The SMILES string of the molecule is O=[N+]([O-])c1cc(C(F)(F)F)c2ccccc2c1. The van der Waals surface area contributed by atoms with Crippen molar-refractivity contribution in [2.75, 3.05) is 0 Å². The third-order valence-electron chi connectivity index (χ3n) is 2.36. The van der Waals surface area contributed by atoms with Gasteiger partial charge in [-0.3, -0.25) is 10.1 Å². The number of halogens is 3. The quantitative estimate of drug-likeness (QED) is 0.563. The molecule has 0 heterocycles. The maximum absolute atomic E-state index is 12.7. The van der Waals surface area contributed by atoms with Crippen LogP contribution in [0.1, 0.15) is 5.56 Å². The third kappa shape index (κ3) is 2.06. The Morgan fingerprint density at radius 1 is 1.12 bits per heavy atom. The number of hydrogen-bond acceptors (Lipinski definition) is 2. The molecule has 0 aromatic heterocycles. The van der Waals surface area contributed by atoms with Gasteiger partial charge in [0.1, 0.15) is 0 Å². The molecular formula is C11H6F3NO2. The van der Waals surface area contributed by atoms with Gasteiger partial charge in [0.2, 0.25) is 0 Å². The summed E-state index contributed by atoms with van der Waals surface area (Å²) in [6.45, 7) is 0. The first-order valence-corrected chi connectivity index (χ1v) is 4.64. The molecule has 2 rings (SSSR count). The standard InChI is InChI=1S/C11H6F3NO2/c12-11(13,14)10-6-8(15(16)17)5-7-3-1-2-4-9(7)10/h1-6H. The summed E-state index contributed by atoms with van der Waals surface area (Å²) in [6.07, 6.45) is -4.61. The van der Waals surface area contributed by atoms with Gasteiger partial charge >= 0.3 is 6.18 Å². The van der Waals surface area contributed by atoms with E-state index >= 15 is 0 Å². The summed E-state index contributed by atoms with van der Waals surface area (Å²) in [5.41, 5.74) is -1.54. The van der Waals surface area contributed by atoms with Crippen LogP contribution in [0.3, 0.4) is 0 Å². The highest BCUT2D eigenvalue weighted by atomic mass is 19.4. The fourth-order valence-corrected chi connectivity index (χ4v) is 1.63. The molecule has 2 aromatic carbocycles. The Bertz CT molecular complexity index is 593. The Labute approximate surface area is 93.6 Å². The van der Waals surface area contributed by atoms with Crippen molar-refractivity contribution < 1.29 is 18.1 Å². The summed E-state index contributed by atoms with van der Waals surface area (Å²) in [5, 5.41) is 10.7. The summed E-state index contributed by atoms with van der Waals surface area (Å²) in [6, 6.07) is 7.39. The van der Waals surface area contributed by atoms with Crippen molar-refractivity contribution in [2.45, 2.75) is 6.18 Å². The van der Waals surface area contributed by atoms with Gasteiger partial charge in [0.05, 0.1) is 10.5 Å². The number of nitro benzene ring substituents is 1. The number of hydrogen-bond donors (Lipinski definition) is 0. The van der Waals surface area contributed by atoms with Crippen molar-refractivity contribution in [1.82, 2.24) is 0 Å². The van der Waals surface area contributed by atoms with E-state index in [4.69, 9.17) is 0 Å². The lowest BCUT2D eigenvalue weighted by atomic mass is 10.0. The molecule has 0 saturated carbocycles. The Morgan fingerprint density at radius 3 is 2.35 bits per heavy atom. The van der Waals surface area contributed by atoms with E-state index < -0.39 is 22.4 Å². The molecule has 17 heavy (non-hydrogen) atoms. The van der Waals surface area contributed by atoms with E-state index in [1.54, 1.807) is 0 Å². The molecule has 0 fully saturated rings. The highest BCUT2D eigenvalue weighted by molar-refractivity contribution is 5.88. The smallest absolute Gasteiger partial charge is 0.258 e. The monoisotopic (exact) mass is 241 g/mol. The molecule has 0 aliphatic heterocycles. The number of fused-ring (bicyclic) bond motifs is 1. The third-order valence-corrected chi connectivity index (χ3v) is 2.36. The fraction of sp³-hybridized carbons (Fsp3) is 0.0909.